The Morgan fingerprint density at radius 1 is 1.20 bits per heavy atom. The second-order valence-electron chi connectivity index (χ2n) is 6.16. The number of anilines is 1. The molecule has 0 aliphatic heterocycles. The Balaban J connectivity index is 1.69. The van der Waals surface area contributed by atoms with Crippen molar-refractivity contribution in [3.8, 4) is 11.4 Å². The molecule has 1 amide bonds. The summed E-state index contributed by atoms with van der Waals surface area (Å²) in [5, 5.41) is 4.68. The van der Waals surface area contributed by atoms with Crippen LogP contribution in [0, 0.1) is 5.82 Å². The minimum Gasteiger partial charge on any atom is -0.495 e. The minimum atomic E-state index is -0.514. The number of halogens is 1. The molecule has 0 fully saturated rings. The van der Waals surface area contributed by atoms with E-state index in [4.69, 9.17) is 4.74 Å². The van der Waals surface area contributed by atoms with Crippen molar-refractivity contribution in [1.82, 2.24) is 9.55 Å². The number of nitrogens with one attached hydrogen (secondary N) is 1. The van der Waals surface area contributed by atoms with Crippen molar-refractivity contribution in [3.63, 3.8) is 0 Å². The molecular weight excluding hydrogens is 425 g/mol. The fourth-order valence-corrected chi connectivity index (χ4v) is 4.46. The summed E-state index contributed by atoms with van der Waals surface area (Å²) < 4.78 is 21.1. The quantitative estimate of drug-likeness (QED) is 0.356. The topological polar surface area (TPSA) is 73.2 Å². The first-order valence-electron chi connectivity index (χ1n) is 8.89. The van der Waals surface area contributed by atoms with Crippen molar-refractivity contribution >= 4 is 44.9 Å². The Bertz CT molecular complexity index is 1290. The second kappa shape index (κ2) is 8.68. The molecule has 1 N–H and O–H groups in total. The summed E-state index contributed by atoms with van der Waals surface area (Å²) in [6, 6.07) is 14.8. The predicted molar refractivity (Wildman–Crippen MR) is 118 cm³/mol. The third-order valence-electron chi connectivity index (χ3n) is 4.26. The Morgan fingerprint density at radius 2 is 1.97 bits per heavy atom. The summed E-state index contributed by atoms with van der Waals surface area (Å²) in [5.74, 6) is -0.461. The van der Waals surface area contributed by atoms with E-state index in [1.54, 1.807) is 47.8 Å². The molecule has 2 heterocycles. The van der Waals surface area contributed by atoms with Crippen LogP contribution in [0.3, 0.4) is 0 Å². The highest BCUT2D eigenvalue weighted by Gasteiger charge is 2.18. The van der Waals surface area contributed by atoms with E-state index in [0.29, 0.717) is 26.8 Å². The van der Waals surface area contributed by atoms with E-state index >= 15 is 0 Å². The molecule has 0 saturated carbocycles. The molecule has 0 saturated heterocycles. The van der Waals surface area contributed by atoms with Crippen LogP contribution < -0.4 is 15.6 Å². The molecule has 0 unspecified atom stereocenters. The lowest BCUT2D eigenvalue weighted by Crippen LogP contribution is -2.22. The highest BCUT2D eigenvalue weighted by atomic mass is 32.2. The Morgan fingerprint density at radius 3 is 2.77 bits per heavy atom. The van der Waals surface area contributed by atoms with Crippen LogP contribution in [0.15, 0.2) is 69.9 Å². The maximum atomic E-state index is 13.8. The van der Waals surface area contributed by atoms with Crippen LogP contribution in [0.4, 0.5) is 10.1 Å². The van der Waals surface area contributed by atoms with Gasteiger partial charge in [-0.05, 0) is 35.7 Å². The fraction of sp³-hybridized carbons (Fsp3) is 0.0952. The molecule has 6 nitrogen and oxygen atoms in total. The number of thiophene rings is 1. The smallest absolute Gasteiger partial charge is 0.276 e. The van der Waals surface area contributed by atoms with Crippen molar-refractivity contribution < 1.29 is 13.9 Å². The highest BCUT2D eigenvalue weighted by Crippen LogP contribution is 2.28. The van der Waals surface area contributed by atoms with Gasteiger partial charge in [-0.2, -0.15) is 0 Å². The predicted octanol–water partition coefficient (Wildman–Crippen LogP) is 4.33. The van der Waals surface area contributed by atoms with Crippen LogP contribution in [-0.4, -0.2) is 28.3 Å². The van der Waals surface area contributed by atoms with Gasteiger partial charge >= 0.3 is 0 Å². The molecule has 2 aromatic carbocycles. The van der Waals surface area contributed by atoms with Crippen LogP contribution >= 0.6 is 23.1 Å². The molecule has 152 valence electrons. The molecule has 9 heteroatoms. The van der Waals surface area contributed by atoms with Gasteiger partial charge in [0.25, 0.3) is 5.56 Å². The minimum absolute atomic E-state index is 0.0500. The molecule has 2 aromatic heterocycles. The number of fused-ring (bicyclic) bond motifs is 1. The van der Waals surface area contributed by atoms with Crippen LogP contribution in [-0.2, 0) is 4.79 Å². The molecule has 0 aliphatic rings. The van der Waals surface area contributed by atoms with Gasteiger partial charge in [0.15, 0.2) is 5.16 Å². The molecule has 0 aliphatic carbocycles. The summed E-state index contributed by atoms with van der Waals surface area (Å²) in [7, 11) is 1.52. The zero-order valence-electron chi connectivity index (χ0n) is 15.8. The second-order valence-corrected chi connectivity index (χ2v) is 8.02. The molecule has 0 bridgehead atoms. The lowest BCUT2D eigenvalue weighted by atomic mass is 10.3. The van der Waals surface area contributed by atoms with Crippen molar-refractivity contribution in [1.29, 1.82) is 0 Å². The summed E-state index contributed by atoms with van der Waals surface area (Å²) in [4.78, 5) is 30.1. The Kier molecular flexibility index (Phi) is 5.82. The standard InChI is InChI=1S/C21H16FN3O3S2/c1-28-17-9-5-4-8-16(17)25-20(27)19-15(10-11-29-19)24-21(25)30-12-18(26)23-14-7-3-2-6-13(14)22/h2-11H,12H2,1H3,(H,23,26). The highest BCUT2D eigenvalue weighted by molar-refractivity contribution is 7.99. The average Bonchev–Trinajstić information content (AvgIpc) is 3.23. The van der Waals surface area contributed by atoms with Gasteiger partial charge in [0.05, 0.1) is 29.8 Å². The van der Waals surface area contributed by atoms with Crippen molar-refractivity contribution in [2.75, 3.05) is 18.2 Å². The third-order valence-corrected chi connectivity index (χ3v) is 6.09. The molecule has 30 heavy (non-hydrogen) atoms. The number of thioether (sulfide) groups is 1. The first kappa shape index (κ1) is 20.1. The van der Waals surface area contributed by atoms with Crippen molar-refractivity contribution in [2.24, 2.45) is 0 Å². The number of carbonyl (C=O) groups is 1. The largest absolute Gasteiger partial charge is 0.495 e. The monoisotopic (exact) mass is 441 g/mol. The van der Waals surface area contributed by atoms with E-state index in [1.165, 1.54) is 35.1 Å². The molecule has 0 spiro atoms. The molecular formula is C21H16FN3O3S2. The van der Waals surface area contributed by atoms with Gasteiger partial charge in [-0.25, -0.2) is 9.37 Å². The lowest BCUT2D eigenvalue weighted by Gasteiger charge is -2.14. The molecule has 0 radical (unpaired) electrons. The van der Waals surface area contributed by atoms with Gasteiger partial charge in [-0.1, -0.05) is 36.0 Å². The number of amides is 1. The molecule has 4 rings (SSSR count). The first-order chi connectivity index (χ1) is 14.6. The summed E-state index contributed by atoms with van der Waals surface area (Å²) >= 11 is 2.40. The Labute approximate surface area is 179 Å². The maximum Gasteiger partial charge on any atom is 0.276 e. The van der Waals surface area contributed by atoms with Crippen LogP contribution in [0.5, 0.6) is 5.75 Å². The zero-order valence-corrected chi connectivity index (χ0v) is 17.4. The van der Waals surface area contributed by atoms with Gasteiger partial charge in [0.1, 0.15) is 16.3 Å². The SMILES string of the molecule is COc1ccccc1-n1c(SCC(=O)Nc2ccccc2F)nc2ccsc2c1=O. The number of para-hydroxylation sites is 3. The van der Waals surface area contributed by atoms with Crippen LogP contribution in [0.1, 0.15) is 0 Å². The summed E-state index contributed by atoms with van der Waals surface area (Å²) in [5.41, 5.74) is 0.959. The van der Waals surface area contributed by atoms with E-state index < -0.39 is 11.7 Å². The zero-order chi connectivity index (χ0) is 21.1. The van der Waals surface area contributed by atoms with Crippen LogP contribution in [0.2, 0.25) is 0 Å². The first-order valence-corrected chi connectivity index (χ1v) is 10.8. The van der Waals surface area contributed by atoms with Gasteiger partial charge in [0, 0.05) is 0 Å². The number of aromatic nitrogens is 2. The number of benzene rings is 2. The average molecular weight is 442 g/mol. The normalized spacial score (nSPS) is 10.9. The number of ether oxygens (including phenoxy) is 1. The van der Waals surface area contributed by atoms with Crippen molar-refractivity contribution in [2.45, 2.75) is 5.16 Å². The number of hydrogen-bond donors (Lipinski definition) is 1. The number of hydrogen-bond acceptors (Lipinski definition) is 6. The number of rotatable bonds is 6. The van der Waals surface area contributed by atoms with E-state index in [2.05, 4.69) is 10.3 Å². The fourth-order valence-electron chi connectivity index (χ4n) is 2.89. The summed E-state index contributed by atoms with van der Waals surface area (Å²) in [6.07, 6.45) is 0. The lowest BCUT2D eigenvalue weighted by molar-refractivity contribution is -0.113. The molecule has 4 aromatic rings. The number of methoxy groups -OCH3 is 1. The van der Waals surface area contributed by atoms with Gasteiger partial charge in [-0.3, -0.25) is 14.2 Å². The van der Waals surface area contributed by atoms with Crippen molar-refractivity contribution in [3.05, 3.63) is 76.1 Å². The Hall–Kier alpha value is -3.17. The van der Waals surface area contributed by atoms with E-state index in [9.17, 15) is 14.0 Å². The third kappa shape index (κ3) is 3.94. The van der Waals surface area contributed by atoms with E-state index in [0.717, 1.165) is 11.8 Å². The van der Waals surface area contributed by atoms with Crippen LogP contribution in [0.25, 0.3) is 15.9 Å². The molecule has 0 atom stereocenters. The van der Waals surface area contributed by atoms with E-state index in [1.807, 2.05) is 0 Å². The summed E-state index contributed by atoms with van der Waals surface area (Å²) in [6.45, 7) is 0. The van der Waals surface area contributed by atoms with E-state index in [-0.39, 0.29) is 17.0 Å². The number of carbonyl (C=O) groups excluding carboxylic acids is 1. The maximum absolute atomic E-state index is 13.8. The number of nitrogens with zero attached hydrogens (tertiary/aromatic N) is 2. The van der Waals surface area contributed by atoms with Gasteiger partial charge in [-0.15, -0.1) is 11.3 Å². The van der Waals surface area contributed by atoms with Gasteiger partial charge in [0.2, 0.25) is 5.91 Å². The van der Waals surface area contributed by atoms with Gasteiger partial charge < -0.3 is 10.1 Å².